The number of nitrogens with one attached hydrogen (secondary N) is 1. The van der Waals surface area contributed by atoms with Crippen LogP contribution in [0.3, 0.4) is 0 Å². The molecule has 1 aliphatic heterocycles. The van der Waals surface area contributed by atoms with Gasteiger partial charge in [0.25, 0.3) is 0 Å². The molecule has 1 aliphatic rings. The maximum Gasteiger partial charge on any atom is 0.240 e. The van der Waals surface area contributed by atoms with E-state index in [1.54, 1.807) is 0 Å². The first-order valence-electron chi connectivity index (χ1n) is 6.76. The van der Waals surface area contributed by atoms with Gasteiger partial charge in [0.2, 0.25) is 5.91 Å². The molecule has 22 heavy (non-hydrogen) atoms. The van der Waals surface area contributed by atoms with Crippen LogP contribution in [-0.2, 0) is 14.6 Å². The molecule has 1 saturated heterocycles. The molecule has 8 heteroatoms. The number of hydrazone groups is 1. The molecule has 0 unspecified atom stereocenters. The summed E-state index contributed by atoms with van der Waals surface area (Å²) in [5.74, 6) is -1.81. The number of hydrogen-bond acceptors (Lipinski definition) is 4. The molecule has 1 atom stereocenters. The zero-order valence-electron chi connectivity index (χ0n) is 12.0. The Bertz CT molecular complexity index is 717. The molecular formula is C14H16F2N2O3S. The fraction of sp³-hybridized carbons (Fsp3) is 0.429. The van der Waals surface area contributed by atoms with Crippen LogP contribution in [0.1, 0.15) is 25.3 Å². The normalized spacial score (nSPS) is 20.9. The van der Waals surface area contributed by atoms with E-state index in [2.05, 4.69) is 10.5 Å². The molecule has 1 N–H and O–H groups in total. The van der Waals surface area contributed by atoms with E-state index in [4.69, 9.17) is 0 Å². The van der Waals surface area contributed by atoms with E-state index in [1.807, 2.05) is 0 Å². The van der Waals surface area contributed by atoms with E-state index in [9.17, 15) is 22.0 Å². The smallest absolute Gasteiger partial charge is 0.240 e. The van der Waals surface area contributed by atoms with Gasteiger partial charge in [-0.15, -0.1) is 0 Å². The van der Waals surface area contributed by atoms with Gasteiger partial charge in [-0.25, -0.2) is 22.6 Å². The average Bonchev–Trinajstić information content (AvgIpc) is 2.78. The predicted octanol–water partition coefficient (Wildman–Crippen LogP) is 1.63. The molecule has 0 radical (unpaired) electrons. The summed E-state index contributed by atoms with van der Waals surface area (Å²) in [5.41, 5.74) is 2.34. The van der Waals surface area contributed by atoms with Crippen LogP contribution < -0.4 is 5.43 Å². The minimum absolute atomic E-state index is 0.00163. The second kappa shape index (κ2) is 6.51. The summed E-state index contributed by atoms with van der Waals surface area (Å²) in [5, 5.41) is 3.74. The number of rotatable bonds is 4. The summed E-state index contributed by atoms with van der Waals surface area (Å²) in [7, 11) is -3.03. The number of carbonyl (C=O) groups is 1. The van der Waals surface area contributed by atoms with E-state index in [0.29, 0.717) is 6.42 Å². The Hall–Kier alpha value is -1.83. The zero-order chi connectivity index (χ0) is 16.3. The second-order valence-corrected chi connectivity index (χ2v) is 7.56. The molecule has 0 saturated carbocycles. The number of amides is 1. The van der Waals surface area contributed by atoms with Gasteiger partial charge >= 0.3 is 0 Å². The van der Waals surface area contributed by atoms with E-state index in [1.165, 1.54) is 6.92 Å². The number of carbonyl (C=O) groups excluding carboxylic acids is 1. The third kappa shape index (κ3) is 4.33. The van der Waals surface area contributed by atoms with Crippen molar-refractivity contribution in [3.63, 3.8) is 0 Å². The Kier molecular flexibility index (Phi) is 4.90. The molecule has 1 fully saturated rings. The van der Waals surface area contributed by atoms with Crippen LogP contribution in [0.4, 0.5) is 8.78 Å². The molecule has 0 spiro atoms. The number of benzene rings is 1. The highest BCUT2D eigenvalue weighted by Crippen LogP contribution is 2.21. The fourth-order valence-electron chi connectivity index (χ4n) is 2.32. The van der Waals surface area contributed by atoms with Crippen molar-refractivity contribution in [2.24, 2.45) is 11.0 Å². The molecule has 1 aromatic rings. The van der Waals surface area contributed by atoms with Crippen molar-refractivity contribution in [3.05, 3.63) is 35.4 Å². The van der Waals surface area contributed by atoms with Gasteiger partial charge < -0.3 is 0 Å². The van der Waals surface area contributed by atoms with Gasteiger partial charge in [-0.2, -0.15) is 5.10 Å². The highest BCUT2D eigenvalue weighted by Gasteiger charge is 2.29. The van der Waals surface area contributed by atoms with Gasteiger partial charge in [-0.05, 0) is 37.5 Å². The molecule has 120 valence electrons. The van der Waals surface area contributed by atoms with Crippen molar-refractivity contribution < 1.29 is 22.0 Å². The van der Waals surface area contributed by atoms with Crippen molar-refractivity contribution >= 4 is 21.5 Å². The lowest BCUT2D eigenvalue weighted by molar-refractivity contribution is -0.121. The Morgan fingerprint density at radius 3 is 2.77 bits per heavy atom. The summed E-state index contributed by atoms with van der Waals surface area (Å²) in [4.78, 5) is 11.7. The van der Waals surface area contributed by atoms with Gasteiger partial charge in [-0.3, -0.25) is 4.79 Å². The number of halogens is 2. The quantitative estimate of drug-likeness (QED) is 0.673. The van der Waals surface area contributed by atoms with Crippen LogP contribution in [0.5, 0.6) is 0 Å². The minimum atomic E-state index is -3.03. The highest BCUT2D eigenvalue weighted by atomic mass is 32.2. The third-order valence-electron chi connectivity index (χ3n) is 3.47. The minimum Gasteiger partial charge on any atom is -0.273 e. The van der Waals surface area contributed by atoms with E-state index in [-0.39, 0.29) is 35.1 Å². The Morgan fingerprint density at radius 2 is 2.14 bits per heavy atom. The lowest BCUT2D eigenvalue weighted by atomic mass is 10.1. The van der Waals surface area contributed by atoms with E-state index in [0.717, 1.165) is 18.2 Å². The fourth-order valence-corrected chi connectivity index (χ4v) is 4.18. The average molecular weight is 330 g/mol. The molecule has 0 aliphatic carbocycles. The molecule has 1 amide bonds. The van der Waals surface area contributed by atoms with Crippen LogP contribution in [-0.4, -0.2) is 31.5 Å². The molecular weight excluding hydrogens is 314 g/mol. The SMILES string of the molecule is C/C(=N/NC(=O)C[C@@H]1CCS(=O)(=O)C1)c1cc(F)ccc1F. The van der Waals surface area contributed by atoms with Crippen molar-refractivity contribution in [2.75, 3.05) is 11.5 Å². The Morgan fingerprint density at radius 1 is 1.41 bits per heavy atom. The summed E-state index contributed by atoms with van der Waals surface area (Å²) in [6.45, 7) is 1.44. The van der Waals surface area contributed by atoms with Crippen molar-refractivity contribution in [1.29, 1.82) is 0 Å². The maximum atomic E-state index is 13.5. The van der Waals surface area contributed by atoms with Gasteiger partial charge in [0, 0.05) is 12.0 Å². The second-order valence-electron chi connectivity index (χ2n) is 5.33. The van der Waals surface area contributed by atoms with Gasteiger partial charge in [0.1, 0.15) is 11.6 Å². The zero-order valence-corrected chi connectivity index (χ0v) is 12.8. The number of hydrogen-bond donors (Lipinski definition) is 1. The van der Waals surface area contributed by atoms with Gasteiger partial charge in [0.05, 0.1) is 17.2 Å². The molecule has 1 heterocycles. The Balaban J connectivity index is 1.96. The van der Waals surface area contributed by atoms with Crippen LogP contribution in [0.2, 0.25) is 0 Å². The first-order valence-corrected chi connectivity index (χ1v) is 8.58. The maximum absolute atomic E-state index is 13.5. The van der Waals surface area contributed by atoms with Crippen molar-refractivity contribution in [3.8, 4) is 0 Å². The molecule has 0 bridgehead atoms. The first-order chi connectivity index (χ1) is 10.3. The van der Waals surface area contributed by atoms with Crippen LogP contribution in [0, 0.1) is 17.6 Å². The summed E-state index contributed by atoms with van der Waals surface area (Å²) in [6.07, 6.45) is 0.499. The number of sulfone groups is 1. The third-order valence-corrected chi connectivity index (χ3v) is 5.30. The van der Waals surface area contributed by atoms with Crippen molar-refractivity contribution in [2.45, 2.75) is 19.8 Å². The van der Waals surface area contributed by atoms with Gasteiger partial charge in [-0.1, -0.05) is 0 Å². The Labute approximate surface area is 127 Å². The molecule has 0 aromatic heterocycles. The lowest BCUT2D eigenvalue weighted by Crippen LogP contribution is -2.23. The van der Waals surface area contributed by atoms with Crippen LogP contribution in [0.25, 0.3) is 0 Å². The standard InChI is InChI=1S/C14H16F2N2O3S/c1-9(12-7-11(15)2-3-13(12)16)17-18-14(19)6-10-4-5-22(20,21)8-10/h2-3,7,10H,4-6,8H2,1H3,(H,18,19)/b17-9-/t10-/m0/s1. The molecule has 2 rings (SSSR count). The predicted molar refractivity (Wildman–Crippen MR) is 78.1 cm³/mol. The van der Waals surface area contributed by atoms with Crippen molar-refractivity contribution in [1.82, 2.24) is 5.43 Å². The number of nitrogens with zero attached hydrogens (tertiary/aromatic N) is 1. The largest absolute Gasteiger partial charge is 0.273 e. The van der Waals surface area contributed by atoms with E-state index >= 15 is 0 Å². The summed E-state index contributed by atoms with van der Waals surface area (Å²) < 4.78 is 49.2. The lowest BCUT2D eigenvalue weighted by Gasteiger charge is -2.07. The highest BCUT2D eigenvalue weighted by molar-refractivity contribution is 7.91. The van der Waals surface area contributed by atoms with Crippen LogP contribution >= 0.6 is 0 Å². The molecule has 1 aromatic carbocycles. The topological polar surface area (TPSA) is 75.6 Å². The van der Waals surface area contributed by atoms with E-state index < -0.39 is 27.4 Å². The van der Waals surface area contributed by atoms with Crippen LogP contribution in [0.15, 0.2) is 23.3 Å². The first kappa shape index (κ1) is 16.5. The summed E-state index contributed by atoms with van der Waals surface area (Å²) in [6, 6.07) is 2.96. The molecule has 5 nitrogen and oxygen atoms in total. The van der Waals surface area contributed by atoms with Gasteiger partial charge in [0.15, 0.2) is 9.84 Å². The monoisotopic (exact) mass is 330 g/mol. The summed E-state index contributed by atoms with van der Waals surface area (Å²) >= 11 is 0.